The summed E-state index contributed by atoms with van der Waals surface area (Å²) < 4.78 is 14.3. The fourth-order valence-corrected chi connectivity index (χ4v) is 6.88. The summed E-state index contributed by atoms with van der Waals surface area (Å²) in [5.41, 5.74) is 0.529. The van der Waals surface area contributed by atoms with Crippen molar-refractivity contribution in [2.75, 3.05) is 12.8 Å². The van der Waals surface area contributed by atoms with E-state index in [1.165, 1.54) is 44.3 Å². The third-order valence-electron chi connectivity index (χ3n) is 6.53. The lowest BCUT2D eigenvalue weighted by atomic mass is 9.77. The van der Waals surface area contributed by atoms with Crippen molar-refractivity contribution >= 4 is 23.5 Å². The highest BCUT2D eigenvalue weighted by atomic mass is 32.2. The van der Waals surface area contributed by atoms with Crippen molar-refractivity contribution in [3.63, 3.8) is 0 Å². The Labute approximate surface area is 162 Å². The van der Waals surface area contributed by atoms with E-state index < -0.39 is 6.17 Å². The van der Waals surface area contributed by atoms with Gasteiger partial charge < -0.3 is 5.32 Å². The molecule has 0 radical (unpaired) electrons. The van der Waals surface area contributed by atoms with Gasteiger partial charge in [-0.05, 0) is 87.2 Å². The summed E-state index contributed by atoms with van der Waals surface area (Å²) >= 11 is 3.84. The second kappa shape index (κ2) is 9.38. The zero-order valence-corrected chi connectivity index (χ0v) is 17.5. The van der Waals surface area contributed by atoms with E-state index in [4.69, 9.17) is 0 Å². The molecule has 2 aliphatic carbocycles. The molecule has 25 heavy (non-hydrogen) atoms. The molecule has 1 aliphatic heterocycles. The molecule has 0 aromatic rings. The molecular weight excluding hydrogens is 349 g/mol. The highest BCUT2D eigenvalue weighted by molar-refractivity contribution is 8.06. The Bertz CT molecular complexity index is 482. The van der Waals surface area contributed by atoms with Gasteiger partial charge in [-0.3, -0.25) is 0 Å². The maximum atomic E-state index is 14.3. The van der Waals surface area contributed by atoms with Crippen LogP contribution in [0.4, 0.5) is 4.39 Å². The van der Waals surface area contributed by atoms with Crippen LogP contribution in [-0.4, -0.2) is 29.6 Å². The van der Waals surface area contributed by atoms with Gasteiger partial charge in [0.05, 0.1) is 5.37 Å². The van der Waals surface area contributed by atoms with Crippen molar-refractivity contribution in [2.45, 2.75) is 87.9 Å². The summed E-state index contributed by atoms with van der Waals surface area (Å²) in [6.45, 7) is 2.41. The Balaban J connectivity index is 1.54. The average molecular weight is 384 g/mol. The largest absolute Gasteiger partial charge is 0.307 e. The minimum atomic E-state index is -0.645. The van der Waals surface area contributed by atoms with Crippen LogP contribution in [0, 0.1) is 28.4 Å². The molecule has 142 valence electrons. The number of halogens is 1. The van der Waals surface area contributed by atoms with Gasteiger partial charge in [0.15, 0.2) is 0 Å². The third kappa shape index (κ3) is 5.81. The van der Waals surface area contributed by atoms with Gasteiger partial charge in [0.1, 0.15) is 6.17 Å². The van der Waals surface area contributed by atoms with Crippen molar-refractivity contribution in [1.29, 1.82) is 0 Å². The van der Waals surface area contributed by atoms with E-state index in [1.54, 1.807) is 11.8 Å². The van der Waals surface area contributed by atoms with Crippen LogP contribution in [0.2, 0.25) is 0 Å². The zero-order valence-electron chi connectivity index (χ0n) is 15.9. The van der Waals surface area contributed by atoms with Crippen LogP contribution >= 0.6 is 23.5 Å². The molecule has 1 heterocycles. The van der Waals surface area contributed by atoms with Crippen LogP contribution in [0.1, 0.15) is 71.1 Å². The van der Waals surface area contributed by atoms with Gasteiger partial charge in [-0.15, -0.1) is 11.8 Å². The molecule has 3 fully saturated rings. The molecule has 0 spiro atoms. The van der Waals surface area contributed by atoms with E-state index in [2.05, 4.69) is 30.5 Å². The average Bonchev–Trinajstić information content (AvgIpc) is 3.36. The lowest BCUT2D eigenvalue weighted by Crippen LogP contribution is -2.31. The summed E-state index contributed by atoms with van der Waals surface area (Å²) in [6.07, 6.45) is 10.8. The molecule has 1 nitrogen and oxygen atoms in total. The first-order chi connectivity index (χ1) is 12.1. The highest BCUT2D eigenvalue weighted by Gasteiger charge is 2.44. The van der Waals surface area contributed by atoms with Crippen molar-refractivity contribution in [3.05, 3.63) is 0 Å². The van der Waals surface area contributed by atoms with Crippen LogP contribution in [-0.2, 0) is 0 Å². The Kier molecular flexibility index (Phi) is 7.46. The topological polar surface area (TPSA) is 12.0 Å². The summed E-state index contributed by atoms with van der Waals surface area (Å²) in [5, 5.41) is 7.93. The van der Waals surface area contributed by atoms with Gasteiger partial charge in [-0.25, -0.2) is 4.39 Å². The van der Waals surface area contributed by atoms with Gasteiger partial charge in [-0.2, -0.15) is 0 Å². The normalized spacial score (nSPS) is 38.6. The van der Waals surface area contributed by atoms with E-state index >= 15 is 0 Å². The molecule has 5 unspecified atom stereocenters. The first kappa shape index (κ1) is 19.9. The maximum Gasteiger partial charge on any atom is 0.101 e. The van der Waals surface area contributed by atoms with E-state index in [0.29, 0.717) is 22.5 Å². The van der Waals surface area contributed by atoms with Crippen LogP contribution in [0.15, 0.2) is 0 Å². The van der Waals surface area contributed by atoms with E-state index in [-0.39, 0.29) is 5.92 Å². The fraction of sp³-hybridized carbons (Fsp3) is 0.905. The van der Waals surface area contributed by atoms with Crippen LogP contribution in [0.5, 0.6) is 0 Å². The predicted molar refractivity (Wildman–Crippen MR) is 111 cm³/mol. The van der Waals surface area contributed by atoms with E-state index in [9.17, 15) is 4.39 Å². The number of alkyl halides is 1. The molecule has 4 heteroatoms. The number of thioether (sulfide) groups is 2. The molecule has 0 bridgehead atoms. The molecule has 3 rings (SSSR count). The number of nitrogens with one attached hydrogen (secondary N) is 1. The molecule has 0 amide bonds. The monoisotopic (exact) mass is 383 g/mol. The zero-order chi connectivity index (χ0) is 17.7. The lowest BCUT2D eigenvalue weighted by molar-refractivity contribution is 0.183. The predicted octanol–water partition coefficient (Wildman–Crippen LogP) is 5.85. The minimum Gasteiger partial charge on any atom is -0.307 e. The number of hydrogen-bond donors (Lipinski definition) is 1. The molecule has 2 saturated carbocycles. The van der Waals surface area contributed by atoms with Gasteiger partial charge >= 0.3 is 0 Å². The Morgan fingerprint density at radius 3 is 2.68 bits per heavy atom. The molecule has 0 aromatic heterocycles. The lowest BCUT2D eigenvalue weighted by Gasteiger charge is -2.28. The first-order valence-electron chi connectivity index (χ1n) is 10.2. The minimum absolute atomic E-state index is 0.263. The molecule has 1 saturated heterocycles. The third-order valence-corrected chi connectivity index (χ3v) is 9.20. The van der Waals surface area contributed by atoms with Gasteiger partial charge in [0.2, 0.25) is 0 Å². The number of rotatable bonds is 3. The van der Waals surface area contributed by atoms with Crippen molar-refractivity contribution in [3.8, 4) is 11.2 Å². The highest BCUT2D eigenvalue weighted by Crippen LogP contribution is 2.55. The van der Waals surface area contributed by atoms with Gasteiger partial charge in [0, 0.05) is 11.2 Å². The molecule has 0 aromatic carbocycles. The maximum absolute atomic E-state index is 14.3. The summed E-state index contributed by atoms with van der Waals surface area (Å²) in [6, 6.07) is 0. The van der Waals surface area contributed by atoms with Crippen LogP contribution < -0.4 is 5.32 Å². The van der Waals surface area contributed by atoms with Crippen molar-refractivity contribution < 1.29 is 4.39 Å². The number of hydrogen-bond acceptors (Lipinski definition) is 3. The standard InChI is InChI=1S/C21H34FNS2/c1-21(11-12-21)17-7-6-16(15-18(22)9-8-17)10-14-24-19-5-3-4-13-25-20(19)23-2/h16-20,23H,3-9,11-13,15H2,1-2H3. The summed E-state index contributed by atoms with van der Waals surface area (Å²) in [7, 11) is 2.06. The SMILES string of the molecule is CNC1SCCCCC1SC#CC1CCC(C2(C)CC2)CCC(F)C1. The van der Waals surface area contributed by atoms with E-state index in [1.807, 2.05) is 11.8 Å². The first-order valence-corrected chi connectivity index (χ1v) is 12.1. The van der Waals surface area contributed by atoms with Gasteiger partial charge in [-0.1, -0.05) is 31.0 Å². The Hall–Kier alpha value is 0.150. The molecule has 5 atom stereocenters. The summed E-state index contributed by atoms with van der Waals surface area (Å²) in [5.74, 6) is 5.71. The summed E-state index contributed by atoms with van der Waals surface area (Å²) in [4.78, 5) is 0. The van der Waals surface area contributed by atoms with Crippen LogP contribution in [0.25, 0.3) is 0 Å². The molecule has 3 aliphatic rings. The molecule has 1 N–H and O–H groups in total. The smallest absolute Gasteiger partial charge is 0.101 e. The Morgan fingerprint density at radius 2 is 1.92 bits per heavy atom. The Morgan fingerprint density at radius 1 is 1.12 bits per heavy atom. The fourth-order valence-electron chi connectivity index (χ4n) is 4.41. The van der Waals surface area contributed by atoms with Crippen LogP contribution in [0.3, 0.4) is 0 Å². The van der Waals surface area contributed by atoms with Crippen molar-refractivity contribution in [1.82, 2.24) is 5.32 Å². The molecular formula is C21H34FNS2. The second-order valence-corrected chi connectivity index (χ2v) is 10.8. The van der Waals surface area contributed by atoms with E-state index in [0.717, 1.165) is 25.2 Å². The van der Waals surface area contributed by atoms with Gasteiger partial charge in [0.25, 0.3) is 0 Å². The second-order valence-electron chi connectivity index (χ2n) is 8.51. The van der Waals surface area contributed by atoms with Crippen molar-refractivity contribution in [2.24, 2.45) is 17.3 Å². The quantitative estimate of drug-likeness (QED) is 0.614.